The molecule has 1 unspecified atom stereocenters. The third-order valence-electron chi connectivity index (χ3n) is 1.16. The van der Waals surface area contributed by atoms with E-state index in [2.05, 4.69) is 11.2 Å². The van der Waals surface area contributed by atoms with Crippen LogP contribution in [0.15, 0.2) is 0 Å². The summed E-state index contributed by atoms with van der Waals surface area (Å²) < 4.78 is 4.72. The zero-order valence-corrected chi connectivity index (χ0v) is 6.89. The maximum atomic E-state index is 10.9. The van der Waals surface area contributed by atoms with Crippen LogP contribution in [0.5, 0.6) is 0 Å². The number of carbonyl (C=O) groups excluding carboxylic acids is 1. The monoisotopic (exact) mass is 155 g/mol. The molecule has 62 valence electrons. The molecule has 0 fully saturated rings. The third kappa shape index (κ3) is 5.43. The van der Waals surface area contributed by atoms with Crippen LogP contribution in [0.3, 0.4) is 0 Å². The number of carbonyl (C=O) groups is 1. The Labute approximate surface area is 67.1 Å². The summed E-state index contributed by atoms with van der Waals surface area (Å²) in [6.07, 6.45) is 5.42. The van der Waals surface area contributed by atoms with Crippen LogP contribution < -0.4 is 5.32 Å². The van der Waals surface area contributed by atoms with E-state index in [0.717, 1.165) is 0 Å². The van der Waals surface area contributed by atoms with Gasteiger partial charge in [0.2, 0.25) is 5.91 Å². The SMILES string of the molecule is C#CC(C)NC(=O)CCOC. The average molecular weight is 155 g/mol. The molecule has 3 heteroatoms. The molecule has 0 aliphatic heterocycles. The molecule has 0 spiro atoms. The Morgan fingerprint density at radius 1 is 1.82 bits per heavy atom. The van der Waals surface area contributed by atoms with Gasteiger partial charge in [-0.05, 0) is 6.92 Å². The minimum Gasteiger partial charge on any atom is -0.384 e. The highest BCUT2D eigenvalue weighted by Crippen LogP contribution is 1.83. The maximum Gasteiger partial charge on any atom is 0.223 e. The Morgan fingerprint density at radius 2 is 2.45 bits per heavy atom. The van der Waals surface area contributed by atoms with E-state index in [0.29, 0.717) is 13.0 Å². The maximum absolute atomic E-state index is 10.9. The zero-order valence-electron chi connectivity index (χ0n) is 6.89. The molecule has 0 saturated heterocycles. The van der Waals surface area contributed by atoms with Gasteiger partial charge in [0.05, 0.1) is 12.6 Å². The fourth-order valence-electron chi connectivity index (χ4n) is 0.550. The van der Waals surface area contributed by atoms with Crippen LogP contribution in [0.1, 0.15) is 13.3 Å². The molecule has 0 radical (unpaired) electrons. The van der Waals surface area contributed by atoms with Gasteiger partial charge >= 0.3 is 0 Å². The second-order valence-corrected chi connectivity index (χ2v) is 2.20. The van der Waals surface area contributed by atoms with Crippen LogP contribution in [0, 0.1) is 12.3 Å². The first-order valence-electron chi connectivity index (χ1n) is 3.45. The van der Waals surface area contributed by atoms with Gasteiger partial charge in [0.25, 0.3) is 0 Å². The number of terminal acetylenes is 1. The fraction of sp³-hybridized carbons (Fsp3) is 0.625. The molecular weight excluding hydrogens is 142 g/mol. The Kier molecular flexibility index (Phi) is 5.22. The van der Waals surface area contributed by atoms with Crippen molar-refractivity contribution < 1.29 is 9.53 Å². The smallest absolute Gasteiger partial charge is 0.223 e. The van der Waals surface area contributed by atoms with Gasteiger partial charge in [0.1, 0.15) is 0 Å². The second-order valence-electron chi connectivity index (χ2n) is 2.20. The predicted octanol–water partition coefficient (Wildman–Crippen LogP) is 0.161. The lowest BCUT2D eigenvalue weighted by Crippen LogP contribution is -2.31. The molecule has 0 saturated carbocycles. The van der Waals surface area contributed by atoms with E-state index in [-0.39, 0.29) is 11.9 Å². The molecule has 1 amide bonds. The largest absolute Gasteiger partial charge is 0.384 e. The minimum absolute atomic E-state index is 0.0719. The normalized spacial score (nSPS) is 11.7. The van der Waals surface area contributed by atoms with Crippen molar-refractivity contribution in [3.8, 4) is 12.3 Å². The Bertz CT molecular complexity index is 160. The van der Waals surface area contributed by atoms with Gasteiger partial charge in [-0.1, -0.05) is 5.92 Å². The van der Waals surface area contributed by atoms with Gasteiger partial charge in [-0.3, -0.25) is 4.79 Å². The number of hydrogen-bond donors (Lipinski definition) is 1. The van der Waals surface area contributed by atoms with Crippen LogP contribution in [-0.4, -0.2) is 25.7 Å². The van der Waals surface area contributed by atoms with E-state index >= 15 is 0 Å². The Hall–Kier alpha value is -1.01. The highest BCUT2D eigenvalue weighted by Gasteiger charge is 2.02. The highest BCUT2D eigenvalue weighted by molar-refractivity contribution is 5.76. The van der Waals surface area contributed by atoms with E-state index in [9.17, 15) is 4.79 Å². The third-order valence-corrected chi connectivity index (χ3v) is 1.16. The molecular formula is C8H13NO2. The van der Waals surface area contributed by atoms with Gasteiger partial charge in [-0.2, -0.15) is 0 Å². The molecule has 0 aromatic carbocycles. The Balaban J connectivity index is 3.46. The van der Waals surface area contributed by atoms with Crippen LogP contribution >= 0.6 is 0 Å². The fourth-order valence-corrected chi connectivity index (χ4v) is 0.550. The summed E-state index contributed by atoms with van der Waals surface area (Å²) in [5.41, 5.74) is 0. The van der Waals surface area contributed by atoms with E-state index in [4.69, 9.17) is 11.2 Å². The van der Waals surface area contributed by atoms with Crippen molar-refractivity contribution in [1.82, 2.24) is 5.32 Å². The highest BCUT2D eigenvalue weighted by atomic mass is 16.5. The van der Waals surface area contributed by atoms with Gasteiger partial charge in [0, 0.05) is 13.5 Å². The van der Waals surface area contributed by atoms with Crippen LogP contribution in [0.25, 0.3) is 0 Å². The average Bonchev–Trinajstić information content (AvgIpc) is 2.00. The molecule has 0 rings (SSSR count). The molecule has 1 atom stereocenters. The molecule has 0 bridgehead atoms. The first-order valence-corrected chi connectivity index (χ1v) is 3.45. The number of ether oxygens (including phenoxy) is 1. The van der Waals surface area contributed by atoms with E-state index in [1.165, 1.54) is 0 Å². The molecule has 0 aliphatic rings. The van der Waals surface area contributed by atoms with Crippen molar-refractivity contribution in [1.29, 1.82) is 0 Å². The van der Waals surface area contributed by atoms with Crippen molar-refractivity contribution >= 4 is 5.91 Å². The lowest BCUT2D eigenvalue weighted by molar-refractivity contribution is -0.122. The zero-order chi connectivity index (χ0) is 8.69. The van der Waals surface area contributed by atoms with Crippen LogP contribution in [-0.2, 0) is 9.53 Å². The van der Waals surface area contributed by atoms with Crippen LogP contribution in [0.4, 0.5) is 0 Å². The van der Waals surface area contributed by atoms with Gasteiger partial charge in [0.15, 0.2) is 0 Å². The lowest BCUT2D eigenvalue weighted by atomic mass is 10.3. The van der Waals surface area contributed by atoms with Gasteiger partial charge in [-0.15, -0.1) is 6.42 Å². The first kappa shape index (κ1) is 9.99. The van der Waals surface area contributed by atoms with Crippen molar-refractivity contribution in [3.63, 3.8) is 0 Å². The minimum atomic E-state index is -0.195. The first-order chi connectivity index (χ1) is 5.20. The molecule has 0 aliphatic carbocycles. The Morgan fingerprint density at radius 3 is 2.91 bits per heavy atom. The van der Waals surface area contributed by atoms with Gasteiger partial charge in [-0.25, -0.2) is 0 Å². The lowest BCUT2D eigenvalue weighted by Gasteiger charge is -2.06. The number of methoxy groups -OCH3 is 1. The molecule has 3 nitrogen and oxygen atoms in total. The molecule has 0 heterocycles. The molecule has 0 aromatic rings. The van der Waals surface area contributed by atoms with Crippen molar-refractivity contribution in [2.45, 2.75) is 19.4 Å². The molecule has 0 aromatic heterocycles. The standard InChI is InChI=1S/C8H13NO2/c1-4-7(2)9-8(10)5-6-11-3/h1,7H,5-6H2,2-3H3,(H,9,10). The van der Waals surface area contributed by atoms with Crippen molar-refractivity contribution in [3.05, 3.63) is 0 Å². The summed E-state index contributed by atoms with van der Waals surface area (Å²) in [6.45, 7) is 2.19. The number of rotatable bonds is 4. The van der Waals surface area contributed by atoms with E-state index in [1.54, 1.807) is 14.0 Å². The summed E-state index contributed by atoms with van der Waals surface area (Å²) >= 11 is 0. The summed E-state index contributed by atoms with van der Waals surface area (Å²) in [5, 5.41) is 2.61. The topological polar surface area (TPSA) is 38.3 Å². The van der Waals surface area contributed by atoms with E-state index < -0.39 is 0 Å². The number of nitrogens with one attached hydrogen (secondary N) is 1. The summed E-state index contributed by atoms with van der Waals surface area (Å²) in [4.78, 5) is 10.9. The van der Waals surface area contributed by atoms with Crippen molar-refractivity contribution in [2.75, 3.05) is 13.7 Å². The van der Waals surface area contributed by atoms with Crippen molar-refractivity contribution in [2.24, 2.45) is 0 Å². The number of amides is 1. The molecule has 11 heavy (non-hydrogen) atoms. The number of hydrogen-bond acceptors (Lipinski definition) is 2. The quantitative estimate of drug-likeness (QED) is 0.587. The molecule has 1 N–H and O–H groups in total. The van der Waals surface area contributed by atoms with Gasteiger partial charge < -0.3 is 10.1 Å². The van der Waals surface area contributed by atoms with Crippen LogP contribution in [0.2, 0.25) is 0 Å². The summed E-state index contributed by atoms with van der Waals surface area (Å²) in [5.74, 6) is 2.33. The predicted molar refractivity (Wildman–Crippen MR) is 42.9 cm³/mol. The summed E-state index contributed by atoms with van der Waals surface area (Å²) in [6, 6.07) is -0.195. The van der Waals surface area contributed by atoms with E-state index in [1.807, 2.05) is 0 Å². The summed E-state index contributed by atoms with van der Waals surface area (Å²) in [7, 11) is 1.55. The second kappa shape index (κ2) is 5.75.